The molecule has 0 saturated carbocycles. The highest BCUT2D eigenvalue weighted by molar-refractivity contribution is 6.04. The number of rotatable bonds is 5. The number of hydrogen-bond donors (Lipinski definition) is 0. The number of ether oxygens (including phenoxy) is 1. The Labute approximate surface area is 253 Å². The highest BCUT2D eigenvalue weighted by Gasteiger charge is 2.48. The lowest BCUT2D eigenvalue weighted by atomic mass is 9.85. The van der Waals surface area contributed by atoms with E-state index in [0.717, 1.165) is 24.1 Å². The van der Waals surface area contributed by atoms with Gasteiger partial charge in [-0.05, 0) is 56.2 Å². The van der Waals surface area contributed by atoms with Crippen molar-refractivity contribution in [2.75, 3.05) is 38.6 Å². The van der Waals surface area contributed by atoms with E-state index in [9.17, 15) is 49.9 Å². The summed E-state index contributed by atoms with van der Waals surface area (Å²) in [5.74, 6) is -2.58. The minimum atomic E-state index is -5.12. The van der Waals surface area contributed by atoms with Gasteiger partial charge in [0.25, 0.3) is 5.91 Å². The maximum Gasteiger partial charge on any atom is 0.418 e. The highest BCUT2D eigenvalue weighted by Crippen LogP contribution is 2.39. The van der Waals surface area contributed by atoms with Gasteiger partial charge in [-0.2, -0.15) is 26.3 Å². The normalized spacial score (nSPS) is 20.2. The maximum atomic E-state index is 13.8. The van der Waals surface area contributed by atoms with Crippen molar-refractivity contribution < 1.29 is 54.6 Å². The molecule has 0 N–H and O–H groups in total. The number of anilines is 1. The first-order valence-corrected chi connectivity index (χ1v) is 13.6. The zero-order valence-electron chi connectivity index (χ0n) is 24.5. The van der Waals surface area contributed by atoms with Gasteiger partial charge in [0.1, 0.15) is 12.4 Å². The summed E-state index contributed by atoms with van der Waals surface area (Å²) >= 11 is 0. The second kappa shape index (κ2) is 11.9. The van der Waals surface area contributed by atoms with Crippen molar-refractivity contribution >= 4 is 29.6 Å². The van der Waals surface area contributed by atoms with E-state index >= 15 is 0 Å². The molecule has 244 valence electrons. The van der Waals surface area contributed by atoms with Crippen LogP contribution in [-0.2, 0) is 26.7 Å². The molecule has 2 fully saturated rings. The zero-order valence-corrected chi connectivity index (χ0v) is 24.5. The van der Waals surface area contributed by atoms with Crippen LogP contribution < -0.4 is 4.90 Å². The summed E-state index contributed by atoms with van der Waals surface area (Å²) in [7, 11) is 2.35. The molecule has 2 aromatic carbocycles. The van der Waals surface area contributed by atoms with Crippen LogP contribution >= 0.6 is 0 Å². The lowest BCUT2D eigenvalue weighted by Gasteiger charge is -2.44. The first-order chi connectivity index (χ1) is 20.7. The molecule has 0 aliphatic carbocycles. The largest absolute Gasteiger partial charge is 0.433 e. The Kier molecular flexibility index (Phi) is 8.83. The minimum Gasteiger partial charge on any atom is -0.433 e. The smallest absolute Gasteiger partial charge is 0.418 e. The molecule has 0 unspecified atom stereocenters. The molecule has 4 rings (SSSR count). The van der Waals surface area contributed by atoms with Gasteiger partial charge in [0.05, 0.1) is 11.1 Å². The Morgan fingerprint density at radius 1 is 0.956 bits per heavy atom. The second-order valence-corrected chi connectivity index (χ2v) is 11.3. The van der Waals surface area contributed by atoms with Crippen molar-refractivity contribution in [3.8, 4) is 0 Å². The van der Waals surface area contributed by atoms with E-state index < -0.39 is 83.0 Å². The topological polar surface area (TPSA) is 90.5 Å². The van der Waals surface area contributed by atoms with Gasteiger partial charge >= 0.3 is 24.5 Å². The van der Waals surface area contributed by atoms with Gasteiger partial charge in [-0.1, -0.05) is 12.1 Å². The van der Waals surface area contributed by atoms with E-state index in [-0.39, 0.29) is 25.6 Å². The standard InChI is InChI=1S/C29H29F7N4O5/c1-27(2)24(42)40(26(44)45-27)15-23(41)39-10-9-22(21(14-39)16-5-7-19(30)8-6-16)38(4)25(43)37(3)20-12-17(28(31,32)33)11-18(13-20)29(34,35)36/h5-8,11-13,21-22H,9-10,14-15H2,1-4H3/t21-,22+/m0/s1. The number of carbonyl (C=O) groups is 4. The van der Waals surface area contributed by atoms with Crippen LogP contribution in [0.2, 0.25) is 0 Å². The van der Waals surface area contributed by atoms with Crippen molar-refractivity contribution in [3.05, 3.63) is 65.0 Å². The predicted molar refractivity (Wildman–Crippen MR) is 144 cm³/mol. The van der Waals surface area contributed by atoms with Crippen LogP contribution in [0.15, 0.2) is 42.5 Å². The van der Waals surface area contributed by atoms with Crippen molar-refractivity contribution in [2.45, 2.75) is 50.2 Å². The predicted octanol–water partition coefficient (Wildman–Crippen LogP) is 5.49. The molecular weight excluding hydrogens is 617 g/mol. The maximum absolute atomic E-state index is 13.8. The number of urea groups is 1. The van der Waals surface area contributed by atoms with Gasteiger partial charge < -0.3 is 14.5 Å². The Morgan fingerprint density at radius 2 is 1.51 bits per heavy atom. The van der Waals surface area contributed by atoms with Crippen LogP contribution in [0.1, 0.15) is 42.9 Å². The third kappa shape index (κ3) is 6.99. The number of imide groups is 1. The van der Waals surface area contributed by atoms with Crippen LogP contribution in [0.25, 0.3) is 0 Å². The molecular formula is C29H29F7N4O5. The third-order valence-corrected chi connectivity index (χ3v) is 7.89. The van der Waals surface area contributed by atoms with E-state index in [4.69, 9.17) is 4.74 Å². The van der Waals surface area contributed by atoms with Gasteiger partial charge in [-0.3, -0.25) is 14.5 Å². The molecule has 45 heavy (non-hydrogen) atoms. The molecule has 2 aromatic rings. The van der Waals surface area contributed by atoms with Gasteiger partial charge in [-0.25, -0.2) is 18.9 Å². The Hall–Kier alpha value is -4.37. The number of halogens is 7. The average molecular weight is 647 g/mol. The number of likely N-dealkylation sites (N-methyl/N-ethyl adjacent to an activating group) is 1. The fourth-order valence-corrected chi connectivity index (χ4v) is 5.38. The number of amides is 5. The van der Waals surface area contributed by atoms with E-state index in [1.165, 1.54) is 37.9 Å². The number of benzene rings is 2. The first-order valence-electron chi connectivity index (χ1n) is 13.6. The van der Waals surface area contributed by atoms with Crippen LogP contribution in [0.3, 0.4) is 0 Å². The van der Waals surface area contributed by atoms with E-state index in [1.807, 2.05) is 0 Å². The van der Waals surface area contributed by atoms with Crippen molar-refractivity contribution in [3.63, 3.8) is 0 Å². The SMILES string of the molecule is CN(C(=O)N(C)[C@@H]1CCN(C(=O)CN2C(=O)OC(C)(C)C2=O)C[C@H]1c1ccc(F)cc1)c1cc(C(F)(F)F)cc(C(F)(F)F)c1. The molecule has 5 amide bonds. The summed E-state index contributed by atoms with van der Waals surface area (Å²) in [5.41, 5.74) is -4.79. The average Bonchev–Trinajstić information content (AvgIpc) is 3.16. The molecule has 0 bridgehead atoms. The number of hydrogen-bond acceptors (Lipinski definition) is 5. The lowest BCUT2D eigenvalue weighted by Crippen LogP contribution is -2.55. The number of piperidine rings is 1. The summed E-state index contributed by atoms with van der Waals surface area (Å²) in [5, 5.41) is 0. The van der Waals surface area contributed by atoms with E-state index in [2.05, 4.69) is 0 Å². The molecule has 9 nitrogen and oxygen atoms in total. The number of carbonyl (C=O) groups excluding carboxylic acids is 4. The third-order valence-electron chi connectivity index (χ3n) is 7.89. The number of cyclic esters (lactones) is 1. The molecule has 0 radical (unpaired) electrons. The minimum absolute atomic E-state index is 0.0186. The summed E-state index contributed by atoms with van der Waals surface area (Å²) in [6.07, 6.45) is -11.1. The fourth-order valence-electron chi connectivity index (χ4n) is 5.38. The Bertz CT molecular complexity index is 1460. The van der Waals surface area contributed by atoms with Crippen molar-refractivity contribution in [1.29, 1.82) is 0 Å². The number of nitrogens with zero attached hydrogens (tertiary/aromatic N) is 4. The molecule has 2 saturated heterocycles. The van der Waals surface area contributed by atoms with Gasteiger partial charge in [0.15, 0.2) is 5.60 Å². The van der Waals surface area contributed by atoms with E-state index in [0.29, 0.717) is 27.5 Å². The molecule has 2 heterocycles. The Morgan fingerprint density at radius 3 is 2.00 bits per heavy atom. The van der Waals surface area contributed by atoms with Crippen LogP contribution in [0, 0.1) is 5.82 Å². The van der Waals surface area contributed by atoms with Crippen LogP contribution in [0.4, 0.5) is 46.0 Å². The molecule has 16 heteroatoms. The van der Waals surface area contributed by atoms with Crippen molar-refractivity contribution in [1.82, 2.24) is 14.7 Å². The molecule has 2 atom stereocenters. The molecule has 2 aliphatic rings. The van der Waals surface area contributed by atoms with Crippen molar-refractivity contribution in [2.24, 2.45) is 0 Å². The van der Waals surface area contributed by atoms with Crippen LogP contribution in [0.5, 0.6) is 0 Å². The van der Waals surface area contributed by atoms with Gasteiger partial charge in [0, 0.05) is 44.8 Å². The quantitative estimate of drug-likeness (QED) is 0.401. The molecule has 2 aliphatic heterocycles. The van der Waals surface area contributed by atoms with Gasteiger partial charge in [-0.15, -0.1) is 0 Å². The Balaban J connectivity index is 1.60. The number of likely N-dealkylation sites (tertiary alicyclic amines) is 1. The summed E-state index contributed by atoms with van der Waals surface area (Å²) in [6.45, 7) is 2.09. The lowest BCUT2D eigenvalue weighted by molar-refractivity contribution is -0.143. The molecule has 0 spiro atoms. The zero-order chi connectivity index (χ0) is 33.6. The molecule has 0 aromatic heterocycles. The summed E-state index contributed by atoms with van der Waals surface area (Å²) in [6, 6.07) is 4.31. The number of alkyl halides is 6. The summed E-state index contributed by atoms with van der Waals surface area (Å²) in [4.78, 5) is 55.3. The first kappa shape index (κ1) is 33.5. The second-order valence-electron chi connectivity index (χ2n) is 11.3. The van der Waals surface area contributed by atoms with Crippen LogP contribution in [-0.4, -0.2) is 84.0 Å². The monoisotopic (exact) mass is 646 g/mol. The summed E-state index contributed by atoms with van der Waals surface area (Å²) < 4.78 is 99.4. The fraction of sp³-hybridized carbons (Fsp3) is 0.448. The highest BCUT2D eigenvalue weighted by atomic mass is 19.4. The van der Waals surface area contributed by atoms with Gasteiger partial charge in [0.2, 0.25) is 5.91 Å². The van der Waals surface area contributed by atoms with E-state index in [1.54, 1.807) is 0 Å².